The molecule has 234 valence electrons. The van der Waals surface area contributed by atoms with Gasteiger partial charge in [0, 0.05) is 23.2 Å². The van der Waals surface area contributed by atoms with Crippen LogP contribution in [0.2, 0.25) is 0 Å². The van der Waals surface area contributed by atoms with Gasteiger partial charge in [-0.05, 0) is 132 Å². The zero-order valence-electron chi connectivity index (χ0n) is 28.4. The Hall–Kier alpha value is -2.04. The molecule has 42 heavy (non-hydrogen) atoms. The van der Waals surface area contributed by atoms with Crippen LogP contribution in [0.4, 0.5) is 0 Å². The Morgan fingerprint density at radius 3 is 1.43 bits per heavy atom. The molecule has 4 rings (SSSR count). The summed E-state index contributed by atoms with van der Waals surface area (Å²) in [6, 6.07) is 18.7. The van der Waals surface area contributed by atoms with Crippen LogP contribution < -0.4 is 20.1 Å². The van der Waals surface area contributed by atoms with E-state index in [9.17, 15) is 0 Å². The fourth-order valence-corrected chi connectivity index (χ4v) is 6.46. The van der Waals surface area contributed by atoms with Gasteiger partial charge in [-0.25, -0.2) is 0 Å². The predicted octanol–water partition coefficient (Wildman–Crippen LogP) is 8.90. The Bertz CT molecular complexity index is 1110. The topological polar surface area (TPSA) is 42.5 Å². The second-order valence-corrected chi connectivity index (χ2v) is 17.1. The molecule has 2 aliphatic carbocycles. The summed E-state index contributed by atoms with van der Waals surface area (Å²) < 4.78 is 12.5. The van der Waals surface area contributed by atoms with E-state index in [2.05, 4.69) is 128 Å². The van der Waals surface area contributed by atoms with E-state index in [1.54, 1.807) is 0 Å². The Kier molecular flexibility index (Phi) is 10.1. The van der Waals surface area contributed by atoms with Gasteiger partial charge < -0.3 is 20.1 Å². The van der Waals surface area contributed by atoms with Crippen molar-refractivity contribution in [2.24, 2.45) is 10.8 Å². The maximum Gasteiger partial charge on any atom is 0.119 e. The number of benzene rings is 2. The van der Waals surface area contributed by atoms with Crippen LogP contribution in [-0.2, 0) is 12.8 Å². The van der Waals surface area contributed by atoms with Gasteiger partial charge >= 0.3 is 0 Å². The summed E-state index contributed by atoms with van der Waals surface area (Å²) >= 11 is 0. The van der Waals surface area contributed by atoms with E-state index in [0.717, 1.165) is 56.4 Å². The van der Waals surface area contributed by atoms with Crippen molar-refractivity contribution < 1.29 is 9.47 Å². The first-order valence-electron chi connectivity index (χ1n) is 16.5. The van der Waals surface area contributed by atoms with Crippen molar-refractivity contribution in [1.29, 1.82) is 0 Å². The van der Waals surface area contributed by atoms with Gasteiger partial charge in [-0.15, -0.1) is 0 Å². The lowest BCUT2D eigenvalue weighted by Gasteiger charge is -2.42. The molecule has 0 spiro atoms. The molecule has 0 aromatic heterocycles. The Balaban J connectivity index is 1.14. The average molecular weight is 577 g/mol. The number of nitrogens with one attached hydrogen (secondary N) is 2. The highest BCUT2D eigenvalue weighted by atomic mass is 16.5. The molecule has 2 aromatic rings. The molecule has 2 saturated carbocycles. The van der Waals surface area contributed by atoms with Gasteiger partial charge in [0.15, 0.2) is 0 Å². The van der Waals surface area contributed by atoms with Crippen molar-refractivity contribution in [3.63, 3.8) is 0 Å². The molecule has 2 fully saturated rings. The highest BCUT2D eigenvalue weighted by Gasteiger charge is 2.36. The molecule has 4 heteroatoms. The van der Waals surface area contributed by atoms with Gasteiger partial charge in [-0.1, -0.05) is 58.9 Å². The van der Waals surface area contributed by atoms with E-state index < -0.39 is 0 Å². The predicted molar refractivity (Wildman–Crippen MR) is 178 cm³/mol. The van der Waals surface area contributed by atoms with E-state index in [1.807, 2.05) is 0 Å². The summed E-state index contributed by atoms with van der Waals surface area (Å²) in [4.78, 5) is 0. The minimum Gasteiger partial charge on any atom is -0.490 e. The van der Waals surface area contributed by atoms with Gasteiger partial charge in [-0.3, -0.25) is 0 Å². The van der Waals surface area contributed by atoms with E-state index in [-0.39, 0.29) is 16.5 Å². The third-order valence-corrected chi connectivity index (χ3v) is 8.72. The molecular weight excluding hydrogens is 516 g/mol. The summed E-state index contributed by atoms with van der Waals surface area (Å²) in [5, 5.41) is 7.60. The molecule has 2 aliphatic rings. The van der Waals surface area contributed by atoms with Crippen LogP contribution >= 0.6 is 0 Å². The van der Waals surface area contributed by atoms with Crippen LogP contribution in [0.1, 0.15) is 119 Å². The van der Waals surface area contributed by atoms with Crippen molar-refractivity contribution in [2.45, 2.75) is 156 Å². The summed E-state index contributed by atoms with van der Waals surface area (Å²) in [7, 11) is 0. The summed E-state index contributed by atoms with van der Waals surface area (Å²) in [6.07, 6.45) is 9.52. The first-order valence-corrected chi connectivity index (χ1v) is 16.5. The number of hydrogen-bond acceptors (Lipinski definition) is 4. The SMILES string of the molecule is CC(C)(C)Cc1ccc(O[C@H]2C[C@@H](NC(C)(C)CCC(C)(C)Cc3ccc(O[C@H]4C[C@H](NC(C)(C)C)C4)cc3)C2)cc1. The first kappa shape index (κ1) is 32.9. The fraction of sp³-hybridized carbons (Fsp3) is 0.684. The highest BCUT2D eigenvalue weighted by molar-refractivity contribution is 5.29. The zero-order valence-corrected chi connectivity index (χ0v) is 28.4. The molecule has 2 N–H and O–H groups in total. The molecule has 0 aliphatic heterocycles. The quantitative estimate of drug-likeness (QED) is 0.250. The van der Waals surface area contributed by atoms with Crippen LogP contribution in [0.25, 0.3) is 0 Å². The summed E-state index contributed by atoms with van der Waals surface area (Å²) in [6.45, 7) is 23.1. The van der Waals surface area contributed by atoms with Gasteiger partial charge in [0.2, 0.25) is 0 Å². The first-order chi connectivity index (χ1) is 19.4. The molecular formula is C38H60N2O2. The zero-order chi connectivity index (χ0) is 30.8. The van der Waals surface area contributed by atoms with Gasteiger partial charge in [0.05, 0.1) is 0 Å². The van der Waals surface area contributed by atoms with Crippen LogP contribution in [0, 0.1) is 10.8 Å². The highest BCUT2D eigenvalue weighted by Crippen LogP contribution is 2.34. The molecule has 0 heterocycles. The lowest BCUT2D eigenvalue weighted by molar-refractivity contribution is 0.0680. The molecule has 0 saturated heterocycles. The van der Waals surface area contributed by atoms with Gasteiger partial charge in [0.1, 0.15) is 23.7 Å². The van der Waals surface area contributed by atoms with Crippen molar-refractivity contribution in [2.75, 3.05) is 0 Å². The van der Waals surface area contributed by atoms with Crippen molar-refractivity contribution in [3.05, 3.63) is 59.7 Å². The van der Waals surface area contributed by atoms with E-state index in [1.165, 1.54) is 17.5 Å². The van der Waals surface area contributed by atoms with Gasteiger partial charge in [-0.2, -0.15) is 0 Å². The largest absolute Gasteiger partial charge is 0.490 e. The van der Waals surface area contributed by atoms with E-state index in [0.29, 0.717) is 29.7 Å². The molecule has 0 bridgehead atoms. The molecule has 0 radical (unpaired) electrons. The molecule has 0 amide bonds. The smallest absolute Gasteiger partial charge is 0.119 e. The molecule has 4 nitrogen and oxygen atoms in total. The Labute approximate surface area is 257 Å². The van der Waals surface area contributed by atoms with E-state index >= 15 is 0 Å². The Morgan fingerprint density at radius 2 is 1.00 bits per heavy atom. The third kappa shape index (κ3) is 10.9. The lowest BCUT2D eigenvalue weighted by atomic mass is 9.77. The van der Waals surface area contributed by atoms with Gasteiger partial charge in [0.25, 0.3) is 0 Å². The number of ether oxygens (including phenoxy) is 2. The molecule has 2 aromatic carbocycles. The summed E-state index contributed by atoms with van der Waals surface area (Å²) in [5.74, 6) is 2.00. The number of hydrogen-bond donors (Lipinski definition) is 2. The average Bonchev–Trinajstić information content (AvgIpc) is 2.81. The monoisotopic (exact) mass is 576 g/mol. The van der Waals surface area contributed by atoms with Crippen LogP contribution in [0.5, 0.6) is 11.5 Å². The van der Waals surface area contributed by atoms with E-state index in [4.69, 9.17) is 9.47 Å². The molecule has 0 atom stereocenters. The second kappa shape index (κ2) is 12.9. The van der Waals surface area contributed by atoms with Crippen LogP contribution in [0.15, 0.2) is 48.5 Å². The normalized spacial score (nSPS) is 23.2. The summed E-state index contributed by atoms with van der Waals surface area (Å²) in [5.41, 5.74) is 3.61. The minimum absolute atomic E-state index is 0.113. The van der Waals surface area contributed by atoms with Crippen molar-refractivity contribution in [3.8, 4) is 11.5 Å². The van der Waals surface area contributed by atoms with Crippen molar-refractivity contribution in [1.82, 2.24) is 10.6 Å². The maximum atomic E-state index is 6.27. The van der Waals surface area contributed by atoms with Crippen LogP contribution in [0.3, 0.4) is 0 Å². The third-order valence-electron chi connectivity index (χ3n) is 8.72. The fourth-order valence-electron chi connectivity index (χ4n) is 6.46. The maximum absolute atomic E-state index is 6.27. The molecule has 0 unspecified atom stereocenters. The van der Waals surface area contributed by atoms with Crippen molar-refractivity contribution >= 4 is 0 Å². The standard InChI is InChI=1S/C38H60N2O2/c1-35(2,3)25-27-11-15-31(16-12-27)42-34-23-30(24-34)40-38(9,10)20-19-37(7,8)26-28-13-17-32(18-14-28)41-33-21-29(22-33)39-36(4,5)6/h11-18,29-30,33-34,39-40H,19-26H2,1-10H3/t29-,30-,33-,34+. The second-order valence-electron chi connectivity index (χ2n) is 17.1. The van der Waals surface area contributed by atoms with Crippen LogP contribution in [-0.4, -0.2) is 35.4 Å². The minimum atomic E-state index is 0.113. The Morgan fingerprint density at radius 1 is 0.571 bits per heavy atom. The number of rotatable bonds is 13. The lowest BCUT2D eigenvalue weighted by Crippen LogP contribution is -2.54.